The monoisotopic (exact) mass is 285 g/mol. The third kappa shape index (κ3) is 3.74. The molecule has 1 aromatic heterocycles. The van der Waals surface area contributed by atoms with Gasteiger partial charge in [-0.25, -0.2) is 9.97 Å². The predicted molar refractivity (Wildman–Crippen MR) is 71.8 cm³/mol. The van der Waals surface area contributed by atoms with Crippen molar-refractivity contribution in [3.05, 3.63) is 16.0 Å². The summed E-state index contributed by atoms with van der Waals surface area (Å²) < 4.78 is 0.975. The number of aryl methyl sites for hydroxylation is 2. The summed E-state index contributed by atoms with van der Waals surface area (Å²) >= 11 is 3.51. The van der Waals surface area contributed by atoms with Crippen molar-refractivity contribution in [1.82, 2.24) is 9.97 Å². The van der Waals surface area contributed by atoms with E-state index in [2.05, 4.69) is 52.0 Å². The average Bonchev–Trinajstić information content (AvgIpc) is 2.22. The van der Waals surface area contributed by atoms with Gasteiger partial charge in [0.2, 0.25) is 0 Å². The van der Waals surface area contributed by atoms with Crippen LogP contribution in [0.4, 0.5) is 5.82 Å². The van der Waals surface area contributed by atoms with Gasteiger partial charge in [0.25, 0.3) is 0 Å². The topological polar surface area (TPSA) is 37.8 Å². The zero-order valence-corrected chi connectivity index (χ0v) is 12.1. The minimum absolute atomic E-state index is 0.690. The first kappa shape index (κ1) is 13.4. The highest BCUT2D eigenvalue weighted by Gasteiger charge is 2.08. The molecule has 0 aliphatic rings. The SMILES string of the molecule is CCNc1nc(CCC(C)C)nc(C)c1Br. The Morgan fingerprint density at radius 1 is 1.31 bits per heavy atom. The van der Waals surface area contributed by atoms with E-state index in [4.69, 9.17) is 0 Å². The van der Waals surface area contributed by atoms with Crippen molar-refractivity contribution in [2.24, 2.45) is 5.92 Å². The third-order valence-corrected chi connectivity index (χ3v) is 3.30. The molecule has 1 heterocycles. The summed E-state index contributed by atoms with van der Waals surface area (Å²) in [5.74, 6) is 2.54. The number of hydrogen-bond donors (Lipinski definition) is 1. The summed E-state index contributed by atoms with van der Waals surface area (Å²) in [4.78, 5) is 9.02. The molecule has 0 fully saturated rings. The van der Waals surface area contributed by atoms with Crippen LogP contribution in [0.5, 0.6) is 0 Å². The largest absolute Gasteiger partial charge is 0.369 e. The van der Waals surface area contributed by atoms with Crippen molar-refractivity contribution in [2.75, 3.05) is 11.9 Å². The van der Waals surface area contributed by atoms with Gasteiger partial charge < -0.3 is 5.32 Å². The quantitative estimate of drug-likeness (QED) is 0.899. The molecule has 3 nitrogen and oxygen atoms in total. The van der Waals surface area contributed by atoms with Crippen molar-refractivity contribution in [1.29, 1.82) is 0 Å². The minimum atomic E-state index is 0.690. The lowest BCUT2D eigenvalue weighted by Crippen LogP contribution is -2.07. The highest BCUT2D eigenvalue weighted by Crippen LogP contribution is 2.23. The Bertz CT molecular complexity index is 350. The third-order valence-electron chi connectivity index (χ3n) is 2.35. The van der Waals surface area contributed by atoms with Gasteiger partial charge in [-0.1, -0.05) is 13.8 Å². The molecule has 0 bridgehead atoms. The van der Waals surface area contributed by atoms with E-state index in [1.807, 2.05) is 6.92 Å². The maximum atomic E-state index is 4.53. The number of anilines is 1. The van der Waals surface area contributed by atoms with Crippen LogP contribution in [0.15, 0.2) is 4.47 Å². The summed E-state index contributed by atoms with van der Waals surface area (Å²) in [6.45, 7) is 9.38. The van der Waals surface area contributed by atoms with Crippen LogP contribution < -0.4 is 5.32 Å². The van der Waals surface area contributed by atoms with Gasteiger partial charge in [-0.05, 0) is 42.1 Å². The molecular weight excluding hydrogens is 266 g/mol. The van der Waals surface area contributed by atoms with Crippen molar-refractivity contribution in [2.45, 2.75) is 40.5 Å². The molecule has 1 rings (SSSR count). The number of halogens is 1. The highest BCUT2D eigenvalue weighted by atomic mass is 79.9. The van der Waals surface area contributed by atoms with Crippen LogP contribution in [0.1, 0.15) is 38.7 Å². The second kappa shape index (κ2) is 6.18. The summed E-state index contributed by atoms with van der Waals surface area (Å²) in [5.41, 5.74) is 1.00. The molecule has 0 spiro atoms. The Kier molecular flexibility index (Phi) is 5.19. The molecule has 0 aliphatic carbocycles. The van der Waals surface area contributed by atoms with E-state index >= 15 is 0 Å². The first-order chi connectivity index (χ1) is 7.54. The number of aromatic nitrogens is 2. The van der Waals surface area contributed by atoms with Gasteiger partial charge in [-0.3, -0.25) is 0 Å². The zero-order chi connectivity index (χ0) is 12.1. The molecule has 0 saturated carbocycles. The number of rotatable bonds is 5. The van der Waals surface area contributed by atoms with Gasteiger partial charge in [-0.15, -0.1) is 0 Å². The van der Waals surface area contributed by atoms with Crippen LogP contribution in [-0.4, -0.2) is 16.5 Å². The van der Waals surface area contributed by atoms with Crippen LogP contribution >= 0.6 is 15.9 Å². The predicted octanol–water partition coefficient (Wildman–Crippen LogP) is 3.57. The van der Waals surface area contributed by atoms with Gasteiger partial charge in [0.05, 0.1) is 10.2 Å². The van der Waals surface area contributed by atoms with Crippen LogP contribution in [0.25, 0.3) is 0 Å². The maximum absolute atomic E-state index is 4.53. The second-order valence-electron chi connectivity index (χ2n) is 4.35. The summed E-state index contributed by atoms with van der Waals surface area (Å²) in [7, 11) is 0. The first-order valence-electron chi connectivity index (χ1n) is 5.81. The Labute approximate surface area is 106 Å². The molecule has 0 aliphatic heterocycles. The normalized spacial score (nSPS) is 10.9. The summed E-state index contributed by atoms with van der Waals surface area (Å²) in [6.07, 6.45) is 2.08. The standard InChI is InChI=1S/C12H20BrN3/c1-5-14-12-11(13)9(4)15-10(16-12)7-6-8(2)3/h8H,5-7H2,1-4H3,(H,14,15,16). The number of nitrogens with one attached hydrogen (secondary N) is 1. The van der Waals surface area contributed by atoms with E-state index in [-0.39, 0.29) is 0 Å². The number of nitrogens with zero attached hydrogens (tertiary/aromatic N) is 2. The van der Waals surface area contributed by atoms with Gasteiger partial charge in [0, 0.05) is 13.0 Å². The Morgan fingerprint density at radius 3 is 2.56 bits per heavy atom. The Balaban J connectivity index is 2.86. The van der Waals surface area contributed by atoms with Gasteiger partial charge in [-0.2, -0.15) is 0 Å². The average molecular weight is 286 g/mol. The lowest BCUT2D eigenvalue weighted by Gasteiger charge is -2.10. The van der Waals surface area contributed by atoms with Gasteiger partial charge in [0.1, 0.15) is 11.6 Å². The summed E-state index contributed by atoms with van der Waals surface area (Å²) in [5, 5.41) is 3.25. The van der Waals surface area contributed by atoms with Crippen molar-refractivity contribution < 1.29 is 0 Å². The van der Waals surface area contributed by atoms with Gasteiger partial charge >= 0.3 is 0 Å². The minimum Gasteiger partial charge on any atom is -0.369 e. The fourth-order valence-corrected chi connectivity index (χ4v) is 1.75. The molecule has 0 radical (unpaired) electrons. The maximum Gasteiger partial charge on any atom is 0.144 e. The molecular formula is C12H20BrN3. The van der Waals surface area contributed by atoms with Gasteiger partial charge in [0.15, 0.2) is 0 Å². The molecule has 90 valence electrons. The molecule has 0 saturated heterocycles. The first-order valence-corrected chi connectivity index (χ1v) is 6.60. The highest BCUT2D eigenvalue weighted by molar-refractivity contribution is 9.10. The molecule has 16 heavy (non-hydrogen) atoms. The van der Waals surface area contributed by atoms with E-state index in [9.17, 15) is 0 Å². The molecule has 1 aromatic rings. The van der Waals surface area contributed by atoms with Crippen molar-refractivity contribution in [3.63, 3.8) is 0 Å². The van der Waals surface area contributed by atoms with Crippen LogP contribution in [0, 0.1) is 12.8 Å². The smallest absolute Gasteiger partial charge is 0.144 e. The van der Waals surface area contributed by atoms with E-state index in [0.29, 0.717) is 5.92 Å². The van der Waals surface area contributed by atoms with E-state index < -0.39 is 0 Å². The van der Waals surface area contributed by atoms with Crippen LogP contribution in [0.2, 0.25) is 0 Å². The van der Waals surface area contributed by atoms with E-state index in [1.54, 1.807) is 0 Å². The fraction of sp³-hybridized carbons (Fsp3) is 0.667. The Morgan fingerprint density at radius 2 is 2.00 bits per heavy atom. The lowest BCUT2D eigenvalue weighted by atomic mass is 10.1. The van der Waals surface area contributed by atoms with E-state index in [0.717, 1.165) is 41.2 Å². The second-order valence-corrected chi connectivity index (χ2v) is 5.14. The Hall–Kier alpha value is -0.640. The molecule has 4 heteroatoms. The van der Waals surface area contributed by atoms with Crippen molar-refractivity contribution in [3.8, 4) is 0 Å². The fourth-order valence-electron chi connectivity index (χ4n) is 1.43. The molecule has 0 aromatic carbocycles. The molecule has 0 atom stereocenters. The summed E-state index contributed by atoms with van der Waals surface area (Å²) in [6, 6.07) is 0. The van der Waals surface area contributed by atoms with E-state index in [1.165, 1.54) is 0 Å². The molecule has 0 amide bonds. The zero-order valence-electron chi connectivity index (χ0n) is 10.5. The lowest BCUT2D eigenvalue weighted by molar-refractivity contribution is 0.574. The number of hydrogen-bond acceptors (Lipinski definition) is 3. The van der Waals surface area contributed by atoms with Crippen molar-refractivity contribution >= 4 is 21.7 Å². The molecule has 0 unspecified atom stereocenters. The van der Waals surface area contributed by atoms with Crippen LogP contribution in [0.3, 0.4) is 0 Å². The molecule has 1 N–H and O–H groups in total. The van der Waals surface area contributed by atoms with Crippen LogP contribution in [-0.2, 0) is 6.42 Å².